The fraction of sp³-hybridized carbons (Fsp3) is 0.750. The van der Waals surface area contributed by atoms with E-state index in [1.54, 1.807) is 0 Å². The Bertz CT molecular complexity index is 326. The Kier molecular flexibility index (Phi) is 3.90. The van der Waals surface area contributed by atoms with Crippen LogP contribution >= 0.6 is 11.3 Å². The summed E-state index contributed by atoms with van der Waals surface area (Å²) < 4.78 is 0. The van der Waals surface area contributed by atoms with E-state index in [9.17, 15) is 0 Å². The van der Waals surface area contributed by atoms with Crippen LogP contribution in [-0.4, -0.2) is 12.0 Å². The number of rotatable bonds is 4. The summed E-state index contributed by atoms with van der Waals surface area (Å²) in [5, 5.41) is 4.60. The molecule has 0 unspecified atom stereocenters. The lowest BCUT2D eigenvalue weighted by molar-refractivity contribution is 0.450. The second kappa shape index (κ2) is 4.62. The normalized spacial score (nSPS) is 12.5. The van der Waals surface area contributed by atoms with Crippen molar-refractivity contribution in [3.05, 3.63) is 15.6 Å². The third kappa shape index (κ3) is 3.02. The zero-order valence-electron chi connectivity index (χ0n) is 10.6. The fourth-order valence-corrected chi connectivity index (χ4v) is 2.97. The monoisotopic (exact) mass is 226 g/mol. The maximum atomic E-state index is 4.64. The van der Waals surface area contributed by atoms with Crippen LogP contribution in [0, 0.1) is 12.8 Å². The van der Waals surface area contributed by atoms with Crippen molar-refractivity contribution in [1.29, 1.82) is 0 Å². The van der Waals surface area contributed by atoms with E-state index >= 15 is 0 Å². The van der Waals surface area contributed by atoms with Gasteiger partial charge in [-0.3, -0.25) is 0 Å². The molecule has 1 rings (SSSR count). The lowest BCUT2D eigenvalue weighted by Gasteiger charge is -2.22. The van der Waals surface area contributed by atoms with E-state index in [0.717, 1.165) is 6.42 Å². The highest BCUT2D eigenvalue weighted by Crippen LogP contribution is 2.30. The van der Waals surface area contributed by atoms with Gasteiger partial charge in [-0.25, -0.2) is 4.98 Å². The lowest BCUT2D eigenvalue weighted by atomic mass is 10.0. The topological polar surface area (TPSA) is 24.9 Å². The first-order valence-corrected chi connectivity index (χ1v) is 6.34. The number of hydrogen-bond acceptors (Lipinski definition) is 3. The fourth-order valence-electron chi connectivity index (χ4n) is 1.58. The van der Waals surface area contributed by atoms with Crippen LogP contribution in [0.2, 0.25) is 0 Å². The number of nitrogens with zero attached hydrogens (tertiary/aromatic N) is 1. The van der Waals surface area contributed by atoms with E-state index in [2.05, 4.69) is 44.9 Å². The molecule has 0 radical (unpaired) electrons. The number of hydrogen-bond donors (Lipinski definition) is 1. The second-order valence-corrected chi connectivity index (χ2v) is 6.08. The molecule has 1 heterocycles. The molecule has 0 atom stereocenters. The number of aryl methyl sites for hydroxylation is 1. The minimum absolute atomic E-state index is 0.0387. The summed E-state index contributed by atoms with van der Waals surface area (Å²) in [6.45, 7) is 11.0. The first kappa shape index (κ1) is 12.7. The molecule has 0 saturated heterocycles. The first-order valence-electron chi connectivity index (χ1n) is 5.52. The Balaban J connectivity index is 2.96. The average Bonchev–Trinajstić information content (AvgIpc) is 2.46. The maximum Gasteiger partial charge on any atom is 0.0934 e. The Hall–Kier alpha value is -0.410. The third-order valence-electron chi connectivity index (χ3n) is 2.62. The minimum Gasteiger partial charge on any atom is -0.310 e. The molecule has 0 spiro atoms. The average molecular weight is 226 g/mol. The van der Waals surface area contributed by atoms with Crippen molar-refractivity contribution in [3.63, 3.8) is 0 Å². The van der Waals surface area contributed by atoms with E-state index in [-0.39, 0.29) is 5.54 Å². The Morgan fingerprint density at radius 1 is 1.40 bits per heavy atom. The van der Waals surface area contributed by atoms with Gasteiger partial charge in [0, 0.05) is 16.8 Å². The molecular weight excluding hydrogens is 204 g/mol. The molecular formula is C12H22N2S. The minimum atomic E-state index is 0.0387. The third-order valence-corrected chi connectivity index (χ3v) is 4.12. The smallest absolute Gasteiger partial charge is 0.0934 e. The summed E-state index contributed by atoms with van der Waals surface area (Å²) >= 11 is 1.85. The van der Waals surface area contributed by atoms with E-state index in [1.807, 2.05) is 18.4 Å². The van der Waals surface area contributed by atoms with Gasteiger partial charge < -0.3 is 5.32 Å². The van der Waals surface area contributed by atoms with Crippen LogP contribution in [0.25, 0.3) is 0 Å². The van der Waals surface area contributed by atoms with Crippen molar-refractivity contribution in [2.24, 2.45) is 5.92 Å². The summed E-state index contributed by atoms with van der Waals surface area (Å²) in [5.74, 6) is 0.682. The number of nitrogens with one attached hydrogen (secondary N) is 1. The SMILES string of the molecule is CNC(C)(C)c1sc(CC(C)C)nc1C. The van der Waals surface area contributed by atoms with E-state index in [1.165, 1.54) is 15.6 Å². The molecule has 0 amide bonds. The molecule has 1 aromatic heterocycles. The van der Waals surface area contributed by atoms with Crippen LogP contribution in [0.3, 0.4) is 0 Å². The molecule has 0 aliphatic rings. The van der Waals surface area contributed by atoms with Gasteiger partial charge in [0.15, 0.2) is 0 Å². The van der Waals surface area contributed by atoms with Gasteiger partial charge in [-0.05, 0) is 33.7 Å². The van der Waals surface area contributed by atoms with Crippen LogP contribution in [0.5, 0.6) is 0 Å². The number of aromatic nitrogens is 1. The van der Waals surface area contributed by atoms with Gasteiger partial charge in [0.1, 0.15) is 0 Å². The molecule has 15 heavy (non-hydrogen) atoms. The molecule has 0 aromatic carbocycles. The maximum absolute atomic E-state index is 4.64. The first-order chi connectivity index (χ1) is 6.86. The largest absolute Gasteiger partial charge is 0.310 e. The Morgan fingerprint density at radius 2 is 2.00 bits per heavy atom. The molecule has 86 valence electrons. The van der Waals surface area contributed by atoms with Crippen molar-refractivity contribution in [1.82, 2.24) is 10.3 Å². The van der Waals surface area contributed by atoms with Crippen molar-refractivity contribution >= 4 is 11.3 Å². The molecule has 0 aliphatic carbocycles. The predicted octanol–water partition coefficient (Wildman–Crippen LogP) is 3.10. The summed E-state index contributed by atoms with van der Waals surface area (Å²) in [6, 6.07) is 0. The van der Waals surface area contributed by atoms with Gasteiger partial charge in [0.25, 0.3) is 0 Å². The quantitative estimate of drug-likeness (QED) is 0.853. The molecule has 0 bridgehead atoms. The van der Waals surface area contributed by atoms with E-state index in [0.29, 0.717) is 5.92 Å². The second-order valence-electron chi connectivity index (χ2n) is 5.00. The van der Waals surface area contributed by atoms with Crippen LogP contribution in [-0.2, 0) is 12.0 Å². The van der Waals surface area contributed by atoms with Gasteiger partial charge in [-0.1, -0.05) is 13.8 Å². The van der Waals surface area contributed by atoms with Crippen molar-refractivity contribution in [3.8, 4) is 0 Å². The molecule has 0 aliphatic heterocycles. The van der Waals surface area contributed by atoms with Gasteiger partial charge in [0.05, 0.1) is 10.7 Å². The van der Waals surface area contributed by atoms with Crippen LogP contribution in [0.4, 0.5) is 0 Å². The molecule has 0 saturated carbocycles. The Morgan fingerprint density at radius 3 is 2.47 bits per heavy atom. The standard InChI is InChI=1S/C12H22N2S/c1-8(2)7-10-14-9(3)11(15-10)12(4,5)13-6/h8,13H,7H2,1-6H3. The summed E-state index contributed by atoms with van der Waals surface area (Å²) in [6.07, 6.45) is 1.09. The highest BCUT2D eigenvalue weighted by Gasteiger charge is 2.23. The zero-order chi connectivity index (χ0) is 11.6. The van der Waals surface area contributed by atoms with Gasteiger partial charge >= 0.3 is 0 Å². The van der Waals surface area contributed by atoms with Crippen LogP contribution < -0.4 is 5.32 Å². The van der Waals surface area contributed by atoms with Gasteiger partial charge in [0.2, 0.25) is 0 Å². The number of thiazole rings is 1. The molecule has 1 N–H and O–H groups in total. The van der Waals surface area contributed by atoms with E-state index < -0.39 is 0 Å². The molecule has 2 nitrogen and oxygen atoms in total. The highest BCUT2D eigenvalue weighted by molar-refractivity contribution is 7.11. The van der Waals surface area contributed by atoms with E-state index in [4.69, 9.17) is 0 Å². The molecule has 3 heteroatoms. The lowest BCUT2D eigenvalue weighted by Crippen LogP contribution is -2.32. The highest BCUT2D eigenvalue weighted by atomic mass is 32.1. The van der Waals surface area contributed by atoms with Gasteiger partial charge in [-0.2, -0.15) is 0 Å². The van der Waals surface area contributed by atoms with Crippen LogP contribution in [0.15, 0.2) is 0 Å². The predicted molar refractivity (Wildman–Crippen MR) is 67.5 cm³/mol. The molecule has 0 fully saturated rings. The Labute approximate surface area is 97.1 Å². The molecule has 1 aromatic rings. The summed E-state index contributed by atoms with van der Waals surface area (Å²) in [4.78, 5) is 6.01. The van der Waals surface area contributed by atoms with Crippen molar-refractivity contribution in [2.75, 3.05) is 7.05 Å². The van der Waals surface area contributed by atoms with Crippen LogP contribution in [0.1, 0.15) is 43.3 Å². The van der Waals surface area contributed by atoms with Crippen molar-refractivity contribution < 1.29 is 0 Å². The van der Waals surface area contributed by atoms with Gasteiger partial charge in [-0.15, -0.1) is 11.3 Å². The summed E-state index contributed by atoms with van der Waals surface area (Å²) in [7, 11) is 2.00. The summed E-state index contributed by atoms with van der Waals surface area (Å²) in [5.41, 5.74) is 1.21. The van der Waals surface area contributed by atoms with Crippen molar-refractivity contribution in [2.45, 2.75) is 46.6 Å². The zero-order valence-corrected chi connectivity index (χ0v) is 11.5.